The van der Waals surface area contributed by atoms with Crippen LogP contribution in [0, 0.1) is 16.7 Å². The number of nitrogens with one attached hydrogen (secondary N) is 3. The molecule has 9 N–H and O–H groups in total. The normalized spacial score (nSPS) is 29.3. The molecular weight excluding hydrogens is 1450 g/mol. The minimum Gasteiger partial charge on any atom is -0.507 e. The molecule has 0 aromatic heterocycles. The molecule has 2 aliphatic heterocycles. The van der Waals surface area contributed by atoms with Crippen LogP contribution in [0.4, 0.5) is 0 Å². The van der Waals surface area contributed by atoms with Crippen molar-refractivity contribution in [2.75, 3.05) is 20.3 Å². The monoisotopic (exact) mass is 1530 g/mol. The number of aromatic hydroxyl groups is 2. The van der Waals surface area contributed by atoms with E-state index in [1.54, 1.807) is 54.6 Å². The Hall–Kier alpha value is -10.6. The molecule has 5 aromatic carbocycles. The molecule has 111 heavy (non-hydrogen) atoms. The Morgan fingerprint density at radius 2 is 1.34 bits per heavy atom. The van der Waals surface area contributed by atoms with Crippen LogP contribution in [0.1, 0.15) is 182 Å². The minimum absolute atomic E-state index is 0.00947. The van der Waals surface area contributed by atoms with Gasteiger partial charge in [0.15, 0.2) is 41.4 Å². The molecule has 0 spiro atoms. The molecule has 2 saturated heterocycles. The number of ketones is 4. The van der Waals surface area contributed by atoms with Gasteiger partial charge in [-0.2, -0.15) is 0 Å². The molecule has 588 valence electrons. The van der Waals surface area contributed by atoms with E-state index in [0.29, 0.717) is 0 Å². The number of esters is 5. The third kappa shape index (κ3) is 14.5. The van der Waals surface area contributed by atoms with Crippen LogP contribution >= 0.6 is 0 Å². The second-order valence-corrected chi connectivity index (χ2v) is 30.1. The van der Waals surface area contributed by atoms with Crippen LogP contribution < -0.4 is 20.7 Å². The largest absolute Gasteiger partial charge is 0.507 e. The number of methoxy groups -OCH3 is 1. The number of carbonyl (C=O) groups is 12. The summed E-state index contributed by atoms with van der Waals surface area (Å²) in [6, 6.07) is 25.2. The fourth-order valence-corrected chi connectivity index (χ4v) is 17.2. The molecule has 0 unspecified atom stereocenters. The van der Waals surface area contributed by atoms with E-state index in [0.717, 1.165) is 20.8 Å². The van der Waals surface area contributed by atoms with Crippen LogP contribution in [0.5, 0.6) is 17.2 Å². The highest BCUT2D eigenvalue weighted by Crippen LogP contribution is 2.65. The van der Waals surface area contributed by atoms with E-state index < -0.39 is 258 Å². The van der Waals surface area contributed by atoms with Gasteiger partial charge in [-0.1, -0.05) is 92.7 Å². The first-order chi connectivity index (χ1) is 52.5. The summed E-state index contributed by atoms with van der Waals surface area (Å²) >= 11 is 0. The van der Waals surface area contributed by atoms with Crippen LogP contribution in [0.3, 0.4) is 0 Å². The maximum Gasteiger partial charge on any atom is 0.338 e. The van der Waals surface area contributed by atoms with E-state index in [9.17, 15) is 83.4 Å². The van der Waals surface area contributed by atoms with Gasteiger partial charge in [-0.15, -0.1) is 0 Å². The number of phenolic OH excluding ortho intramolecular Hbond substituents is 2. The van der Waals surface area contributed by atoms with Crippen molar-refractivity contribution in [1.82, 2.24) is 16.0 Å². The third-order valence-corrected chi connectivity index (χ3v) is 23.1. The number of rotatable bonds is 22. The van der Waals surface area contributed by atoms with E-state index in [1.807, 2.05) is 0 Å². The van der Waals surface area contributed by atoms with Gasteiger partial charge in [-0.25, -0.2) is 9.59 Å². The van der Waals surface area contributed by atoms with Crippen LogP contribution in [0.15, 0.2) is 120 Å². The summed E-state index contributed by atoms with van der Waals surface area (Å²) < 4.78 is 55.3. The number of aliphatic hydroxyl groups is 4. The number of fused-ring (bicyclic) bond motifs is 8. The molecule has 5 aromatic rings. The van der Waals surface area contributed by atoms with E-state index in [1.165, 1.54) is 96.3 Å². The van der Waals surface area contributed by atoms with Crippen LogP contribution in [-0.4, -0.2) is 200 Å². The average molecular weight is 1530 g/mol. The van der Waals surface area contributed by atoms with Crippen LogP contribution in [0.2, 0.25) is 0 Å². The van der Waals surface area contributed by atoms with Gasteiger partial charge in [-0.3, -0.25) is 47.9 Å². The first-order valence-corrected chi connectivity index (χ1v) is 36.4. The molecule has 5 aliphatic carbocycles. The molecule has 2 bridgehead atoms. The molecule has 0 radical (unpaired) electrons. The number of amides is 3. The van der Waals surface area contributed by atoms with Crippen LogP contribution in [0.25, 0.3) is 0 Å². The maximum atomic E-state index is 16.6. The van der Waals surface area contributed by atoms with Gasteiger partial charge < -0.3 is 89.2 Å². The Bertz CT molecular complexity index is 4640. The highest BCUT2D eigenvalue weighted by Gasteiger charge is 2.79. The first kappa shape index (κ1) is 79.9. The topological polar surface area (TPSA) is 445 Å². The molecule has 12 rings (SSSR count). The van der Waals surface area contributed by atoms with Crippen LogP contribution in [-0.2, 0) is 82.7 Å². The van der Waals surface area contributed by atoms with Crippen molar-refractivity contribution >= 4 is 70.7 Å². The van der Waals surface area contributed by atoms with Gasteiger partial charge in [0, 0.05) is 93.0 Å². The number of ether oxygens (including phenoxy) is 9. The van der Waals surface area contributed by atoms with Gasteiger partial charge in [0.1, 0.15) is 59.0 Å². The number of aliphatic hydroxyl groups excluding tert-OH is 2. The molecule has 4 fully saturated rings. The summed E-state index contributed by atoms with van der Waals surface area (Å²) in [6.07, 6.45) is -20.5. The summed E-state index contributed by atoms with van der Waals surface area (Å²) in [7, 11) is 1.28. The quantitative estimate of drug-likeness (QED) is 0.0191. The van der Waals surface area contributed by atoms with Gasteiger partial charge in [0.2, 0.25) is 17.6 Å². The highest BCUT2D eigenvalue weighted by atomic mass is 16.7. The summed E-state index contributed by atoms with van der Waals surface area (Å²) in [5.41, 5.74) is -12.8. The number of benzene rings is 5. The number of phenols is 2. The summed E-state index contributed by atoms with van der Waals surface area (Å²) in [4.78, 5) is 170. The molecule has 2 heterocycles. The zero-order valence-corrected chi connectivity index (χ0v) is 62.2. The van der Waals surface area contributed by atoms with Crippen molar-refractivity contribution in [3.05, 3.63) is 170 Å². The SMILES string of the molecule is COc1cccc2c1C(=O)c1c(O)c3c(c(O)c1C2=O)C[C@@](O)(C(C)=O)C[C@@H]3O[C@H]1C[C@H](NC(=O)CCC(=O)NCCC(=O)O[C@H]2C[C@H]3OC[C@@]3(OC(C)=O)[C@H]3[C@H](OC(=O)c4ccccc4)[C@]4(O)C[C@H](OC(=O)[C@H](O)[C@@H](NC(=O)c5ccccc5)c5ccccc5)C(C)=C([C@@H](OC(C)=O)C(=O)[C@]23C)C4(C)C)[C@H](O)[C@H](C)O1. The molecular formula is C81H87N3O27. The lowest BCUT2D eigenvalue weighted by atomic mass is 9.44. The lowest BCUT2D eigenvalue weighted by Gasteiger charge is -2.67. The maximum absolute atomic E-state index is 16.6. The zero-order valence-electron chi connectivity index (χ0n) is 62.2. The number of Topliss-reactive ketones (excluding diaryl/α,β-unsaturated/α-hetero) is 2. The lowest BCUT2D eigenvalue weighted by molar-refractivity contribution is -0.346. The average Bonchev–Trinajstić information content (AvgIpc) is 0.666. The summed E-state index contributed by atoms with van der Waals surface area (Å²) in [5.74, 6) is -14.5. The van der Waals surface area contributed by atoms with Crippen molar-refractivity contribution in [2.45, 2.75) is 197 Å². The first-order valence-electron chi connectivity index (χ1n) is 36.4. The fourth-order valence-electron chi connectivity index (χ4n) is 17.2. The molecule has 17 atom stereocenters. The van der Waals surface area contributed by atoms with Crippen molar-refractivity contribution in [3.63, 3.8) is 0 Å². The van der Waals surface area contributed by atoms with E-state index in [2.05, 4.69) is 16.0 Å². The number of hydrogen-bond acceptors (Lipinski definition) is 27. The second-order valence-electron chi connectivity index (χ2n) is 30.1. The van der Waals surface area contributed by atoms with Gasteiger partial charge in [0.25, 0.3) is 5.91 Å². The Morgan fingerprint density at radius 3 is 1.96 bits per heavy atom. The van der Waals surface area contributed by atoms with Gasteiger partial charge in [0.05, 0.1) is 78.0 Å². The molecule has 30 heteroatoms. The zero-order chi connectivity index (χ0) is 80.3. The Kier molecular flexibility index (Phi) is 22.3. The van der Waals surface area contributed by atoms with Gasteiger partial charge in [-0.05, 0) is 74.7 Å². The standard InChI is InChI=1S/C81H87N3O27/c1-38-50(108-76(100)69(96)63(43-20-13-10-14-21-43)84-74(98)44-22-15-11-16-23-44)36-81(102)73(110-75(99)45-24-17-12-18-25-45)71-78(8,72(97)70(106-41(4)86)62(38)77(81,6)7)52(33-53-80(71,37-104-53)111-42(5)87)109-56(90)30-31-82-54(88)28-29-55(89)83-48-32-57(105-39(2)64(48)91)107-51-35-79(101,40(3)85)34-47-59(51)68(95)61-60(66(47)93)65(92)46-26-19-27-49(103-9)58(46)67(61)94/h10-27,39,48,50-53,57,63-64,69-71,73,91,93,95-96,101-102H,28-37H2,1-9H3,(H,82,88)(H,83,89)(H,84,98)/t39-,48-,50-,51-,52-,53+,57-,63-,64+,69+,70+,71-,73-,78+,79-,80-,81+/m0/s1. The molecule has 3 amide bonds. The predicted molar refractivity (Wildman–Crippen MR) is 383 cm³/mol. The Morgan fingerprint density at radius 1 is 0.703 bits per heavy atom. The number of hydrogen-bond donors (Lipinski definition) is 9. The third-order valence-electron chi connectivity index (χ3n) is 23.1. The van der Waals surface area contributed by atoms with Gasteiger partial charge >= 0.3 is 29.8 Å². The van der Waals surface area contributed by atoms with E-state index in [4.69, 9.17) is 42.6 Å². The Balaban J connectivity index is 0.772. The smallest absolute Gasteiger partial charge is 0.338 e. The summed E-state index contributed by atoms with van der Waals surface area (Å²) in [6.45, 7) is 9.44. The lowest BCUT2D eigenvalue weighted by Crippen LogP contribution is -2.82. The Labute approximate surface area is 636 Å². The molecule has 2 saturated carbocycles. The van der Waals surface area contributed by atoms with Crippen molar-refractivity contribution < 1.29 is 131 Å². The van der Waals surface area contributed by atoms with Crippen molar-refractivity contribution in [1.29, 1.82) is 0 Å². The molecule has 7 aliphatic rings. The summed E-state index contributed by atoms with van der Waals surface area (Å²) in [5, 5.41) is 81.2. The minimum atomic E-state index is -2.62. The van der Waals surface area contributed by atoms with E-state index in [-0.39, 0.29) is 62.3 Å². The van der Waals surface area contributed by atoms with Crippen molar-refractivity contribution in [3.8, 4) is 17.2 Å². The van der Waals surface area contributed by atoms with Crippen molar-refractivity contribution in [2.24, 2.45) is 16.7 Å². The highest BCUT2D eigenvalue weighted by molar-refractivity contribution is 6.31. The predicted octanol–water partition coefficient (Wildman–Crippen LogP) is 4.77. The number of carbonyl (C=O) groups excluding carboxylic acids is 12. The van der Waals surface area contributed by atoms with E-state index >= 15 is 4.79 Å². The molecule has 30 nitrogen and oxygen atoms in total. The fraction of sp³-hybridized carbons (Fsp3) is 0.457. The second kappa shape index (κ2) is 30.9.